The van der Waals surface area contributed by atoms with Crippen LogP contribution in [0.2, 0.25) is 0 Å². The summed E-state index contributed by atoms with van der Waals surface area (Å²) in [5.41, 5.74) is 1.52. The number of aromatic hydroxyl groups is 1. The van der Waals surface area contributed by atoms with Crippen LogP contribution in [0.5, 0.6) is 5.88 Å². The molecule has 0 spiro atoms. The number of aromatic nitrogens is 2. The van der Waals surface area contributed by atoms with E-state index in [9.17, 15) is 9.90 Å². The number of nitrogens with zero attached hydrogens (tertiary/aromatic N) is 2. The van der Waals surface area contributed by atoms with Crippen molar-refractivity contribution in [2.45, 2.75) is 12.5 Å². The lowest BCUT2D eigenvalue weighted by atomic mass is 10.1. The minimum atomic E-state index is -0.351. The zero-order chi connectivity index (χ0) is 17.2. The molecule has 4 rings (SSSR count). The molecule has 124 valence electrons. The smallest absolute Gasteiger partial charge is 0.261 e. The highest BCUT2D eigenvalue weighted by Gasteiger charge is 2.26. The van der Waals surface area contributed by atoms with E-state index in [4.69, 9.17) is 0 Å². The molecular formula is C20H17N3O2. The molecule has 0 fully saturated rings. The lowest BCUT2D eigenvalue weighted by molar-refractivity contribution is 0.102. The molecule has 5 nitrogen and oxygen atoms in total. The zero-order valence-corrected chi connectivity index (χ0v) is 13.5. The second kappa shape index (κ2) is 6.28. The standard InChI is InChI=1S/C20H17N3O2/c24-19(22-14-8-3-1-4-9-14)17-16-12-7-13-21-18(16)23(20(17)25)15-10-5-2-6-11-15/h1-10,12-13,15,25H,11H2,(H,22,24). The van der Waals surface area contributed by atoms with Gasteiger partial charge in [-0.3, -0.25) is 9.36 Å². The lowest BCUT2D eigenvalue weighted by Gasteiger charge is -2.17. The van der Waals surface area contributed by atoms with Crippen molar-refractivity contribution in [3.05, 3.63) is 78.5 Å². The molecule has 1 atom stereocenters. The van der Waals surface area contributed by atoms with Crippen molar-refractivity contribution < 1.29 is 9.90 Å². The summed E-state index contributed by atoms with van der Waals surface area (Å²) in [5, 5.41) is 14.3. The van der Waals surface area contributed by atoms with E-state index in [0.717, 1.165) is 6.42 Å². The molecule has 1 aliphatic carbocycles. The molecule has 0 saturated heterocycles. The maximum Gasteiger partial charge on any atom is 0.261 e. The van der Waals surface area contributed by atoms with Gasteiger partial charge in [-0.15, -0.1) is 0 Å². The molecule has 1 amide bonds. The molecule has 2 heterocycles. The zero-order valence-electron chi connectivity index (χ0n) is 13.5. The van der Waals surface area contributed by atoms with Gasteiger partial charge < -0.3 is 10.4 Å². The lowest BCUT2D eigenvalue weighted by Crippen LogP contribution is -2.12. The highest BCUT2D eigenvalue weighted by molar-refractivity contribution is 6.14. The number of rotatable bonds is 3. The molecule has 25 heavy (non-hydrogen) atoms. The number of benzene rings is 1. The van der Waals surface area contributed by atoms with Crippen LogP contribution in [0.4, 0.5) is 5.69 Å². The molecule has 1 unspecified atom stereocenters. The normalized spacial score (nSPS) is 16.2. The Hall–Kier alpha value is -3.34. The van der Waals surface area contributed by atoms with E-state index in [0.29, 0.717) is 16.7 Å². The number of nitrogens with one attached hydrogen (secondary N) is 1. The minimum absolute atomic E-state index is 0.0629. The first-order chi connectivity index (χ1) is 12.3. The molecular weight excluding hydrogens is 314 g/mol. The first-order valence-corrected chi connectivity index (χ1v) is 8.13. The SMILES string of the molecule is O=C(Nc1ccccc1)c1c(O)n(C2C=CC=CC2)c2ncccc12. The van der Waals surface area contributed by atoms with Crippen LogP contribution < -0.4 is 5.32 Å². The molecule has 5 heteroatoms. The quantitative estimate of drug-likeness (QED) is 0.761. The minimum Gasteiger partial charge on any atom is -0.494 e. The second-order valence-corrected chi connectivity index (χ2v) is 5.88. The summed E-state index contributed by atoms with van der Waals surface area (Å²) in [5.74, 6) is -0.414. The predicted molar refractivity (Wildman–Crippen MR) is 97.7 cm³/mol. The van der Waals surface area contributed by atoms with E-state index in [2.05, 4.69) is 10.3 Å². The molecule has 3 aromatic rings. The third-order valence-electron chi connectivity index (χ3n) is 4.28. The number of pyridine rings is 1. The van der Waals surface area contributed by atoms with Crippen molar-refractivity contribution in [2.75, 3.05) is 5.32 Å². The van der Waals surface area contributed by atoms with Crippen molar-refractivity contribution in [2.24, 2.45) is 0 Å². The van der Waals surface area contributed by atoms with Gasteiger partial charge in [0, 0.05) is 17.3 Å². The molecule has 1 aromatic carbocycles. The van der Waals surface area contributed by atoms with Crippen LogP contribution in [0.1, 0.15) is 22.8 Å². The maximum absolute atomic E-state index is 12.8. The Morgan fingerprint density at radius 2 is 2.00 bits per heavy atom. The van der Waals surface area contributed by atoms with Gasteiger partial charge in [0.1, 0.15) is 11.2 Å². The van der Waals surface area contributed by atoms with Crippen LogP contribution >= 0.6 is 0 Å². The Morgan fingerprint density at radius 1 is 1.16 bits per heavy atom. The summed E-state index contributed by atoms with van der Waals surface area (Å²) in [6.07, 6.45) is 10.3. The molecule has 0 saturated carbocycles. The fraction of sp³-hybridized carbons (Fsp3) is 0.100. The first kappa shape index (κ1) is 15.2. The van der Waals surface area contributed by atoms with Crippen LogP contribution in [0.15, 0.2) is 73.0 Å². The first-order valence-electron chi connectivity index (χ1n) is 8.13. The summed E-state index contributed by atoms with van der Waals surface area (Å²) < 4.78 is 1.72. The van der Waals surface area contributed by atoms with Crippen LogP contribution in [0, 0.1) is 0 Å². The van der Waals surface area contributed by atoms with E-state index in [1.54, 1.807) is 35.0 Å². The largest absolute Gasteiger partial charge is 0.494 e. The topological polar surface area (TPSA) is 67.2 Å². The number of amides is 1. The molecule has 0 radical (unpaired) electrons. The molecule has 0 aliphatic heterocycles. The molecule has 1 aliphatic rings. The highest BCUT2D eigenvalue weighted by Crippen LogP contribution is 2.36. The van der Waals surface area contributed by atoms with Crippen molar-refractivity contribution in [1.82, 2.24) is 9.55 Å². The number of anilines is 1. The number of allylic oxidation sites excluding steroid dienone is 4. The number of para-hydroxylation sites is 1. The maximum atomic E-state index is 12.8. The highest BCUT2D eigenvalue weighted by atomic mass is 16.3. The van der Waals surface area contributed by atoms with Gasteiger partial charge in [0.05, 0.1) is 6.04 Å². The van der Waals surface area contributed by atoms with Gasteiger partial charge in [0.15, 0.2) is 0 Å². The van der Waals surface area contributed by atoms with Gasteiger partial charge in [-0.1, -0.05) is 42.5 Å². The van der Waals surface area contributed by atoms with E-state index < -0.39 is 0 Å². The average Bonchev–Trinajstić information content (AvgIpc) is 2.95. The van der Waals surface area contributed by atoms with Crippen LogP contribution in [-0.4, -0.2) is 20.6 Å². The van der Waals surface area contributed by atoms with Gasteiger partial charge in [0.25, 0.3) is 5.91 Å². The third kappa shape index (κ3) is 2.70. The average molecular weight is 331 g/mol. The van der Waals surface area contributed by atoms with Crippen molar-refractivity contribution in [3.8, 4) is 5.88 Å². The van der Waals surface area contributed by atoms with E-state index in [1.807, 2.05) is 42.5 Å². The van der Waals surface area contributed by atoms with E-state index >= 15 is 0 Å². The van der Waals surface area contributed by atoms with E-state index in [-0.39, 0.29) is 23.4 Å². The summed E-state index contributed by atoms with van der Waals surface area (Å²) in [6, 6.07) is 12.7. The van der Waals surface area contributed by atoms with Crippen molar-refractivity contribution in [3.63, 3.8) is 0 Å². The van der Waals surface area contributed by atoms with Crippen LogP contribution in [0.25, 0.3) is 11.0 Å². The number of fused-ring (bicyclic) bond motifs is 1. The Bertz CT molecular complexity index is 987. The summed E-state index contributed by atoms with van der Waals surface area (Å²) in [4.78, 5) is 17.2. The molecule has 2 aromatic heterocycles. The van der Waals surface area contributed by atoms with Gasteiger partial charge in [0.2, 0.25) is 5.88 Å². The van der Waals surface area contributed by atoms with Gasteiger partial charge in [-0.25, -0.2) is 4.98 Å². The van der Waals surface area contributed by atoms with Crippen LogP contribution in [-0.2, 0) is 0 Å². The number of carbonyl (C=O) groups is 1. The summed E-state index contributed by atoms with van der Waals surface area (Å²) in [6.45, 7) is 0. The number of hydrogen-bond acceptors (Lipinski definition) is 3. The predicted octanol–water partition coefficient (Wildman–Crippen LogP) is 4.05. The number of hydrogen-bond donors (Lipinski definition) is 2. The number of carbonyl (C=O) groups excluding carboxylic acids is 1. The van der Waals surface area contributed by atoms with Gasteiger partial charge in [-0.05, 0) is 30.7 Å². The Kier molecular flexibility index (Phi) is 3.82. The van der Waals surface area contributed by atoms with Crippen molar-refractivity contribution >= 4 is 22.6 Å². The van der Waals surface area contributed by atoms with Crippen molar-refractivity contribution in [1.29, 1.82) is 0 Å². The van der Waals surface area contributed by atoms with Gasteiger partial charge >= 0.3 is 0 Å². The molecule has 0 bridgehead atoms. The summed E-state index contributed by atoms with van der Waals surface area (Å²) in [7, 11) is 0. The Labute approximate surface area is 144 Å². The fourth-order valence-electron chi connectivity index (χ4n) is 3.14. The van der Waals surface area contributed by atoms with Gasteiger partial charge in [-0.2, -0.15) is 0 Å². The van der Waals surface area contributed by atoms with Crippen LogP contribution in [0.3, 0.4) is 0 Å². The van der Waals surface area contributed by atoms with E-state index in [1.165, 1.54) is 0 Å². The summed E-state index contributed by atoms with van der Waals surface area (Å²) >= 11 is 0. The Morgan fingerprint density at radius 3 is 2.76 bits per heavy atom. The Balaban J connectivity index is 1.81. The monoisotopic (exact) mass is 331 g/mol. The molecule has 2 N–H and O–H groups in total. The fourth-order valence-corrected chi connectivity index (χ4v) is 3.14. The third-order valence-corrected chi connectivity index (χ3v) is 4.28. The second-order valence-electron chi connectivity index (χ2n) is 5.88.